The van der Waals surface area contributed by atoms with Gasteiger partial charge in [-0.2, -0.15) is 5.26 Å². The quantitative estimate of drug-likeness (QED) is 0.372. The van der Waals surface area contributed by atoms with Gasteiger partial charge in [-0.1, -0.05) is 23.7 Å². The van der Waals surface area contributed by atoms with Crippen LogP contribution in [0.2, 0.25) is 5.02 Å². The second kappa shape index (κ2) is 8.88. The Kier molecular flexibility index (Phi) is 5.97. The lowest BCUT2D eigenvalue weighted by Crippen LogP contribution is -2.45. The normalized spacial score (nSPS) is 17.2. The summed E-state index contributed by atoms with van der Waals surface area (Å²) in [6.45, 7) is 6.10. The first-order valence-corrected chi connectivity index (χ1v) is 12.3. The topological polar surface area (TPSA) is 88.0 Å². The van der Waals surface area contributed by atoms with E-state index in [1.807, 2.05) is 40.8 Å². The molecule has 1 aliphatic carbocycles. The highest BCUT2D eigenvalue weighted by Crippen LogP contribution is 2.38. The Morgan fingerprint density at radius 1 is 1.19 bits per heavy atom. The maximum absolute atomic E-state index is 13.8. The molecule has 0 bridgehead atoms. The average molecular weight is 504 g/mol. The molecule has 5 rings (SSSR count). The molecule has 2 heterocycles. The number of hydrogen-bond acceptors (Lipinski definition) is 7. The second-order valence-corrected chi connectivity index (χ2v) is 11.0. The summed E-state index contributed by atoms with van der Waals surface area (Å²) in [5.41, 5.74) is 9.71. The van der Waals surface area contributed by atoms with Crippen LogP contribution in [0.25, 0.3) is 10.9 Å². The van der Waals surface area contributed by atoms with Crippen LogP contribution in [0, 0.1) is 17.1 Å². The third-order valence-electron chi connectivity index (χ3n) is 6.43. The molecule has 0 spiro atoms. The van der Waals surface area contributed by atoms with Crippen molar-refractivity contribution in [3.05, 3.63) is 76.5 Å². The van der Waals surface area contributed by atoms with Gasteiger partial charge in [-0.3, -0.25) is 9.99 Å². The van der Waals surface area contributed by atoms with Crippen LogP contribution < -0.4 is 21.6 Å². The van der Waals surface area contributed by atoms with E-state index in [1.54, 1.807) is 18.3 Å². The van der Waals surface area contributed by atoms with Crippen molar-refractivity contribution in [1.29, 1.82) is 5.26 Å². The van der Waals surface area contributed by atoms with Crippen molar-refractivity contribution < 1.29 is 4.39 Å². The van der Waals surface area contributed by atoms with Crippen molar-refractivity contribution in [3.63, 3.8) is 0 Å². The summed E-state index contributed by atoms with van der Waals surface area (Å²) in [5.74, 6) is -0.297. The first-order valence-electron chi connectivity index (χ1n) is 11.9. The van der Waals surface area contributed by atoms with E-state index in [1.165, 1.54) is 12.1 Å². The van der Waals surface area contributed by atoms with Gasteiger partial charge in [-0.15, -0.1) is 5.53 Å². The van der Waals surface area contributed by atoms with E-state index in [9.17, 15) is 9.65 Å². The standard InChI is InChI=1S/C26H28BClFN7/c1-25(2,3)33-23-15(12-30)13-31-24-20(23)10-18(11-21(24)28)32-26(27,16-4-6-17(29)7-5-16)22-14-36(35-34-22)19-8-9-19/h4-7,10-11,13-14,19,32,34-35H,8-9,27H2,1-3H3,(H,31,33). The fourth-order valence-corrected chi connectivity index (χ4v) is 4.69. The summed E-state index contributed by atoms with van der Waals surface area (Å²) >= 11 is 6.72. The van der Waals surface area contributed by atoms with E-state index >= 15 is 0 Å². The number of hydrogen-bond donors (Lipinski definition) is 4. The number of anilines is 2. The summed E-state index contributed by atoms with van der Waals surface area (Å²) in [7, 11) is 2.04. The Balaban J connectivity index is 1.62. The molecule has 1 aromatic heterocycles. The maximum atomic E-state index is 13.8. The molecule has 36 heavy (non-hydrogen) atoms. The monoisotopic (exact) mass is 503 g/mol. The van der Waals surface area contributed by atoms with Crippen LogP contribution >= 0.6 is 11.6 Å². The molecule has 7 nitrogen and oxygen atoms in total. The molecule has 1 atom stereocenters. The summed E-state index contributed by atoms with van der Waals surface area (Å²) in [4.78, 5) is 4.46. The van der Waals surface area contributed by atoms with E-state index in [0.717, 1.165) is 35.2 Å². The van der Waals surface area contributed by atoms with Crippen LogP contribution in [-0.2, 0) is 5.44 Å². The smallest absolute Gasteiger partial charge is 0.148 e. The van der Waals surface area contributed by atoms with Gasteiger partial charge in [0.2, 0.25) is 0 Å². The maximum Gasteiger partial charge on any atom is 0.148 e. The zero-order valence-electron chi connectivity index (χ0n) is 20.7. The minimum atomic E-state index is -0.751. The van der Waals surface area contributed by atoms with E-state index in [4.69, 9.17) is 11.6 Å². The summed E-state index contributed by atoms with van der Waals surface area (Å²) in [6, 6.07) is 12.9. The zero-order chi connectivity index (χ0) is 25.7. The summed E-state index contributed by atoms with van der Waals surface area (Å²) in [5, 5.41) is 20.1. The van der Waals surface area contributed by atoms with Gasteiger partial charge in [0.25, 0.3) is 0 Å². The van der Waals surface area contributed by atoms with Crippen molar-refractivity contribution in [3.8, 4) is 6.07 Å². The SMILES string of the molecule is BC(Nc1cc(Cl)c2ncc(C#N)c(NC(C)(C)C)c2c1)(C1=CN(C2CC2)NN1)c1ccc(F)cc1. The molecule has 4 N–H and O–H groups in total. The van der Waals surface area contributed by atoms with Gasteiger partial charge in [-0.05, 0) is 63.4 Å². The molecular formula is C26H28BClFN7. The highest BCUT2D eigenvalue weighted by atomic mass is 35.5. The largest absolute Gasteiger partial charge is 0.379 e. The van der Waals surface area contributed by atoms with E-state index in [0.29, 0.717) is 27.8 Å². The van der Waals surface area contributed by atoms with Crippen molar-refractivity contribution in [2.75, 3.05) is 10.6 Å². The number of rotatable bonds is 6. The third-order valence-corrected chi connectivity index (χ3v) is 6.72. The van der Waals surface area contributed by atoms with Gasteiger partial charge in [0.1, 0.15) is 19.7 Å². The van der Waals surface area contributed by atoms with Crippen molar-refractivity contribution >= 4 is 41.7 Å². The fraction of sp³-hybridized carbons (Fsp3) is 0.308. The lowest BCUT2D eigenvalue weighted by molar-refractivity contribution is 0.260. The highest BCUT2D eigenvalue weighted by molar-refractivity contribution is 6.36. The zero-order valence-corrected chi connectivity index (χ0v) is 21.5. The second-order valence-electron chi connectivity index (χ2n) is 10.6. The van der Waals surface area contributed by atoms with Crippen LogP contribution in [0.5, 0.6) is 0 Å². The van der Waals surface area contributed by atoms with E-state index in [2.05, 4.69) is 43.9 Å². The predicted octanol–water partition coefficient (Wildman–Crippen LogP) is 4.34. The number of halogens is 2. The Labute approximate surface area is 216 Å². The molecule has 0 radical (unpaired) electrons. The Hall–Kier alpha value is -3.48. The number of nitriles is 1. The van der Waals surface area contributed by atoms with Crippen LogP contribution in [0.15, 0.2) is 54.5 Å². The first kappa shape index (κ1) is 24.2. The molecule has 2 aromatic carbocycles. The molecule has 0 saturated heterocycles. The Morgan fingerprint density at radius 2 is 1.92 bits per heavy atom. The van der Waals surface area contributed by atoms with Gasteiger partial charge in [0.05, 0.1) is 32.9 Å². The number of aromatic nitrogens is 1. The van der Waals surface area contributed by atoms with Gasteiger partial charge >= 0.3 is 0 Å². The van der Waals surface area contributed by atoms with Crippen LogP contribution in [0.4, 0.5) is 15.8 Å². The lowest BCUT2D eigenvalue weighted by atomic mass is 9.69. The molecule has 2 aliphatic rings. The van der Waals surface area contributed by atoms with Crippen LogP contribution in [0.1, 0.15) is 44.7 Å². The van der Waals surface area contributed by atoms with Crippen molar-refractivity contribution in [1.82, 2.24) is 21.0 Å². The Morgan fingerprint density at radius 3 is 2.56 bits per heavy atom. The van der Waals surface area contributed by atoms with Gasteiger partial charge in [0, 0.05) is 35.1 Å². The minimum absolute atomic E-state index is 0.283. The molecule has 1 aliphatic heterocycles. The van der Waals surface area contributed by atoms with Crippen molar-refractivity contribution in [2.45, 2.75) is 50.6 Å². The number of benzene rings is 2. The molecule has 184 valence electrons. The Bertz CT molecular complexity index is 1390. The van der Waals surface area contributed by atoms with E-state index in [-0.39, 0.29) is 11.4 Å². The van der Waals surface area contributed by atoms with E-state index < -0.39 is 5.44 Å². The molecule has 1 unspecified atom stereocenters. The minimum Gasteiger partial charge on any atom is -0.379 e. The summed E-state index contributed by atoms with van der Waals surface area (Å²) < 4.78 is 13.8. The molecule has 1 fully saturated rings. The molecule has 10 heteroatoms. The third kappa shape index (κ3) is 4.67. The van der Waals surface area contributed by atoms with Gasteiger partial charge in [0.15, 0.2) is 0 Å². The summed E-state index contributed by atoms with van der Waals surface area (Å²) in [6.07, 6.45) is 5.87. The van der Waals surface area contributed by atoms with Gasteiger partial charge < -0.3 is 16.1 Å². The average Bonchev–Trinajstić information content (AvgIpc) is 3.55. The molecular weight excluding hydrogens is 476 g/mol. The highest BCUT2D eigenvalue weighted by Gasteiger charge is 2.38. The van der Waals surface area contributed by atoms with Crippen LogP contribution in [-0.4, -0.2) is 29.4 Å². The lowest BCUT2D eigenvalue weighted by Gasteiger charge is -2.34. The van der Waals surface area contributed by atoms with Crippen molar-refractivity contribution in [2.24, 2.45) is 0 Å². The number of fused-ring (bicyclic) bond motifs is 1. The predicted molar refractivity (Wildman–Crippen MR) is 144 cm³/mol. The van der Waals surface area contributed by atoms with Crippen LogP contribution in [0.3, 0.4) is 0 Å². The molecule has 0 amide bonds. The fourth-order valence-electron chi connectivity index (χ4n) is 4.42. The molecule has 1 saturated carbocycles. The first-order chi connectivity index (χ1) is 17.1. The van der Waals surface area contributed by atoms with Gasteiger partial charge in [-0.25, -0.2) is 4.39 Å². The number of nitrogens with one attached hydrogen (secondary N) is 4. The number of nitrogens with zero attached hydrogens (tertiary/aromatic N) is 3. The molecule has 3 aromatic rings. The number of hydrazine groups is 2. The number of pyridine rings is 1.